The van der Waals surface area contributed by atoms with E-state index in [0.29, 0.717) is 0 Å². The SMILES string of the molecule is O=C(O)CN[C@H](CSSC[C@@H](NCC(=O)O)C(=O)O)C(=O)O. The minimum absolute atomic E-state index is 0.0263. The molecule has 0 amide bonds. The quantitative estimate of drug-likeness (QED) is 0.169. The first kappa shape index (κ1) is 20.5. The summed E-state index contributed by atoms with van der Waals surface area (Å²) >= 11 is 0. The van der Waals surface area contributed by atoms with Gasteiger partial charge in [0.1, 0.15) is 12.1 Å². The smallest absolute Gasteiger partial charge is 0.321 e. The van der Waals surface area contributed by atoms with E-state index in [1.165, 1.54) is 0 Å². The summed E-state index contributed by atoms with van der Waals surface area (Å²) in [6, 6.07) is -2.16. The van der Waals surface area contributed by atoms with Gasteiger partial charge in [-0.25, -0.2) is 0 Å². The number of hydrogen-bond acceptors (Lipinski definition) is 8. The fourth-order valence-electron chi connectivity index (χ4n) is 1.09. The third kappa shape index (κ3) is 10.3. The Bertz CT molecular complexity index is 382. The van der Waals surface area contributed by atoms with Crippen molar-refractivity contribution in [2.75, 3.05) is 24.6 Å². The maximum absolute atomic E-state index is 10.9. The van der Waals surface area contributed by atoms with Crippen LogP contribution in [0.1, 0.15) is 0 Å². The van der Waals surface area contributed by atoms with E-state index in [1.807, 2.05) is 0 Å². The van der Waals surface area contributed by atoms with Crippen molar-refractivity contribution in [3.05, 3.63) is 0 Å². The molecule has 0 aromatic carbocycles. The second-order valence-electron chi connectivity index (χ2n) is 3.90. The average Bonchev–Trinajstić information content (AvgIpc) is 2.39. The molecule has 0 aliphatic carbocycles. The second kappa shape index (κ2) is 11.1. The van der Waals surface area contributed by atoms with Gasteiger partial charge in [-0.15, -0.1) is 0 Å². The normalized spacial score (nSPS) is 13.3. The maximum atomic E-state index is 10.9. The average molecular weight is 356 g/mol. The number of aliphatic carboxylic acids is 4. The van der Waals surface area contributed by atoms with Crippen LogP contribution in [0, 0.1) is 0 Å². The highest BCUT2D eigenvalue weighted by Gasteiger charge is 2.20. The molecule has 22 heavy (non-hydrogen) atoms. The van der Waals surface area contributed by atoms with Crippen LogP contribution in [-0.2, 0) is 19.2 Å². The zero-order chi connectivity index (χ0) is 17.1. The van der Waals surface area contributed by atoms with Crippen molar-refractivity contribution in [1.82, 2.24) is 10.6 Å². The second-order valence-corrected chi connectivity index (χ2v) is 6.45. The standard InChI is InChI=1S/C10H16N2O8S2/c13-7(14)1-11-5(9(17)18)3-21-22-4-6(10(19)20)12-2-8(15)16/h5-6,11-12H,1-4H2,(H,13,14)(H,15,16)(H,17,18)(H,19,20)/t5-,6-/m1/s1. The van der Waals surface area contributed by atoms with Gasteiger partial charge in [-0.2, -0.15) is 0 Å². The monoisotopic (exact) mass is 356 g/mol. The minimum Gasteiger partial charge on any atom is -0.480 e. The molecule has 0 saturated carbocycles. The van der Waals surface area contributed by atoms with Gasteiger partial charge in [0.2, 0.25) is 0 Å². The summed E-state index contributed by atoms with van der Waals surface area (Å²) in [6.07, 6.45) is 0. The van der Waals surface area contributed by atoms with Gasteiger partial charge < -0.3 is 20.4 Å². The molecule has 0 aliphatic rings. The first-order valence-corrected chi connectivity index (χ1v) is 8.33. The molecular weight excluding hydrogens is 340 g/mol. The molecule has 2 atom stereocenters. The Morgan fingerprint density at radius 1 is 0.727 bits per heavy atom. The molecule has 126 valence electrons. The van der Waals surface area contributed by atoms with Gasteiger partial charge in [0.25, 0.3) is 0 Å². The van der Waals surface area contributed by atoms with Gasteiger partial charge >= 0.3 is 23.9 Å². The zero-order valence-electron chi connectivity index (χ0n) is 11.2. The van der Waals surface area contributed by atoms with Crippen LogP contribution in [0.4, 0.5) is 0 Å². The number of carboxylic acid groups (broad SMARTS) is 4. The highest BCUT2D eigenvalue weighted by Crippen LogP contribution is 2.23. The van der Waals surface area contributed by atoms with E-state index < -0.39 is 49.1 Å². The van der Waals surface area contributed by atoms with E-state index in [2.05, 4.69) is 10.6 Å². The summed E-state index contributed by atoms with van der Waals surface area (Å²) in [5.74, 6) is -4.75. The lowest BCUT2D eigenvalue weighted by atomic mass is 10.3. The third-order valence-corrected chi connectivity index (χ3v) is 4.57. The van der Waals surface area contributed by atoms with Crippen molar-refractivity contribution in [2.45, 2.75) is 12.1 Å². The van der Waals surface area contributed by atoms with Gasteiger partial charge in [0, 0.05) is 11.5 Å². The number of hydrogen-bond donors (Lipinski definition) is 6. The molecule has 0 bridgehead atoms. The van der Waals surface area contributed by atoms with E-state index in [0.717, 1.165) is 21.6 Å². The number of carboxylic acids is 4. The summed E-state index contributed by atoms with van der Waals surface area (Å²) in [4.78, 5) is 42.5. The van der Waals surface area contributed by atoms with Crippen LogP contribution >= 0.6 is 21.6 Å². The van der Waals surface area contributed by atoms with Gasteiger partial charge in [-0.1, -0.05) is 21.6 Å². The Balaban J connectivity index is 4.12. The van der Waals surface area contributed by atoms with Crippen LogP contribution in [-0.4, -0.2) is 81.0 Å². The lowest BCUT2D eigenvalue weighted by Gasteiger charge is -2.14. The Labute approximate surface area is 133 Å². The van der Waals surface area contributed by atoms with Crippen LogP contribution in [0.2, 0.25) is 0 Å². The van der Waals surface area contributed by atoms with Gasteiger partial charge in [0.15, 0.2) is 0 Å². The molecule has 12 heteroatoms. The van der Waals surface area contributed by atoms with Crippen molar-refractivity contribution < 1.29 is 39.6 Å². The molecule has 10 nitrogen and oxygen atoms in total. The van der Waals surface area contributed by atoms with Gasteiger partial charge in [0.05, 0.1) is 13.1 Å². The number of carbonyl (C=O) groups is 4. The van der Waals surface area contributed by atoms with E-state index in [9.17, 15) is 19.2 Å². The number of nitrogens with one attached hydrogen (secondary N) is 2. The topological polar surface area (TPSA) is 173 Å². The Morgan fingerprint density at radius 3 is 1.27 bits per heavy atom. The molecule has 0 aliphatic heterocycles. The summed E-state index contributed by atoms with van der Waals surface area (Å²) < 4.78 is 0. The van der Waals surface area contributed by atoms with Crippen molar-refractivity contribution >= 4 is 45.5 Å². The van der Waals surface area contributed by atoms with Gasteiger partial charge in [-0.3, -0.25) is 29.8 Å². The van der Waals surface area contributed by atoms with Gasteiger partial charge in [-0.05, 0) is 0 Å². The molecular formula is C10H16N2O8S2. The molecule has 0 radical (unpaired) electrons. The first-order chi connectivity index (χ1) is 10.2. The van der Waals surface area contributed by atoms with Crippen molar-refractivity contribution in [3.8, 4) is 0 Å². The predicted octanol–water partition coefficient (Wildman–Crippen LogP) is -1.38. The summed E-state index contributed by atoms with van der Waals surface area (Å²) in [6.45, 7) is -1.000. The number of rotatable bonds is 13. The molecule has 6 N–H and O–H groups in total. The first-order valence-electron chi connectivity index (χ1n) is 5.84. The zero-order valence-corrected chi connectivity index (χ0v) is 12.9. The molecule has 0 aromatic rings. The summed E-state index contributed by atoms with van der Waals surface area (Å²) in [7, 11) is 2.10. The molecule has 0 rings (SSSR count). The predicted molar refractivity (Wildman–Crippen MR) is 79.0 cm³/mol. The fourth-order valence-corrected chi connectivity index (χ4v) is 3.47. The molecule has 0 heterocycles. The molecule has 0 spiro atoms. The van der Waals surface area contributed by atoms with E-state index in [-0.39, 0.29) is 11.5 Å². The van der Waals surface area contributed by atoms with E-state index >= 15 is 0 Å². The van der Waals surface area contributed by atoms with Crippen molar-refractivity contribution in [3.63, 3.8) is 0 Å². The fraction of sp³-hybridized carbons (Fsp3) is 0.600. The van der Waals surface area contributed by atoms with Crippen LogP contribution in [0.3, 0.4) is 0 Å². The lowest BCUT2D eigenvalue weighted by molar-refractivity contribution is -0.141. The Kier molecular flexibility index (Phi) is 10.4. The van der Waals surface area contributed by atoms with E-state index in [1.54, 1.807) is 0 Å². The van der Waals surface area contributed by atoms with Crippen molar-refractivity contribution in [1.29, 1.82) is 0 Å². The lowest BCUT2D eigenvalue weighted by Crippen LogP contribution is -2.42. The largest absolute Gasteiger partial charge is 0.480 e. The Hall–Kier alpha value is -1.50. The summed E-state index contributed by atoms with van der Waals surface area (Å²) in [5, 5.41) is 39.3. The minimum atomic E-state index is -1.21. The van der Waals surface area contributed by atoms with Crippen LogP contribution in [0.15, 0.2) is 0 Å². The van der Waals surface area contributed by atoms with Crippen LogP contribution in [0.25, 0.3) is 0 Å². The van der Waals surface area contributed by atoms with Crippen molar-refractivity contribution in [2.24, 2.45) is 0 Å². The molecule has 0 fully saturated rings. The van der Waals surface area contributed by atoms with Crippen LogP contribution in [0.5, 0.6) is 0 Å². The molecule has 0 saturated heterocycles. The van der Waals surface area contributed by atoms with E-state index in [4.69, 9.17) is 20.4 Å². The summed E-state index contributed by atoms with van der Waals surface area (Å²) in [5.41, 5.74) is 0. The molecule has 0 aromatic heterocycles. The highest BCUT2D eigenvalue weighted by atomic mass is 33.1. The Morgan fingerprint density at radius 2 is 1.05 bits per heavy atom. The van der Waals surface area contributed by atoms with Crippen LogP contribution < -0.4 is 10.6 Å². The highest BCUT2D eigenvalue weighted by molar-refractivity contribution is 8.76. The maximum Gasteiger partial charge on any atom is 0.321 e. The molecule has 0 unspecified atom stereocenters. The third-order valence-electron chi connectivity index (χ3n) is 2.15.